The summed E-state index contributed by atoms with van der Waals surface area (Å²) in [4.78, 5) is 33.5. The summed E-state index contributed by atoms with van der Waals surface area (Å²) in [6.45, 7) is 0. The Bertz CT molecular complexity index is 791. The number of hydrogen-bond acceptors (Lipinski definition) is 5. The lowest BCUT2D eigenvalue weighted by Gasteiger charge is -2.03. The first-order valence-electron chi connectivity index (χ1n) is 4.65. The second-order valence-corrected chi connectivity index (χ2v) is 3.83. The zero-order valence-corrected chi connectivity index (χ0v) is 9.56. The first-order valence-corrected chi connectivity index (χ1v) is 5.06. The number of nitro groups is 1. The third-order valence-corrected chi connectivity index (χ3v) is 2.51. The minimum absolute atomic E-state index is 0.0113. The molecule has 0 saturated carbocycles. The molecule has 1 heterocycles. The lowest BCUT2D eigenvalue weighted by atomic mass is 10.2. The van der Waals surface area contributed by atoms with Crippen molar-refractivity contribution in [3.63, 3.8) is 0 Å². The number of nitrogens with two attached hydrogens (primary N) is 1. The summed E-state index contributed by atoms with van der Waals surface area (Å²) in [6, 6.07) is 3.35. The van der Waals surface area contributed by atoms with Crippen LogP contribution in [-0.2, 0) is 0 Å². The molecule has 0 atom stereocenters. The number of fused-ring (bicyclic) bond motifs is 1. The van der Waals surface area contributed by atoms with Crippen LogP contribution >= 0.6 is 12.2 Å². The number of nitro benzene ring substituents is 1. The maximum absolute atomic E-state index is 11.9. The number of hydrogen-bond donors (Lipinski definition) is 2. The average Bonchev–Trinajstić information content (AvgIpc) is 2.32. The van der Waals surface area contributed by atoms with Gasteiger partial charge in [0.25, 0.3) is 16.8 Å². The molecule has 2 aromatic rings. The lowest BCUT2D eigenvalue weighted by molar-refractivity contribution is -0.384. The van der Waals surface area contributed by atoms with Crippen LogP contribution in [0.15, 0.2) is 27.8 Å². The van der Waals surface area contributed by atoms with E-state index in [-0.39, 0.29) is 21.6 Å². The van der Waals surface area contributed by atoms with E-state index in [9.17, 15) is 19.7 Å². The average molecular weight is 266 g/mol. The van der Waals surface area contributed by atoms with E-state index in [1.165, 1.54) is 6.07 Å². The van der Waals surface area contributed by atoms with Gasteiger partial charge >= 0.3 is 0 Å². The fourth-order valence-corrected chi connectivity index (χ4v) is 1.64. The van der Waals surface area contributed by atoms with E-state index in [0.717, 1.165) is 12.1 Å². The van der Waals surface area contributed by atoms with Crippen molar-refractivity contribution in [1.29, 1.82) is 0 Å². The molecule has 0 fully saturated rings. The molecule has 0 aliphatic rings. The van der Waals surface area contributed by atoms with Gasteiger partial charge in [-0.25, -0.2) is 0 Å². The summed E-state index contributed by atoms with van der Waals surface area (Å²) in [5.41, 5.74) is 3.68. The summed E-state index contributed by atoms with van der Waals surface area (Å²) in [7, 11) is 0. The predicted molar refractivity (Wildman–Crippen MR) is 67.7 cm³/mol. The third-order valence-electron chi connectivity index (χ3n) is 2.33. The van der Waals surface area contributed by atoms with E-state index in [1.54, 1.807) is 0 Å². The second-order valence-electron chi connectivity index (χ2n) is 3.41. The zero-order valence-electron chi connectivity index (χ0n) is 8.75. The van der Waals surface area contributed by atoms with Gasteiger partial charge in [-0.3, -0.25) is 24.8 Å². The Morgan fingerprint density at radius 3 is 2.61 bits per heavy atom. The maximum atomic E-state index is 11.9. The van der Waals surface area contributed by atoms with E-state index in [2.05, 4.69) is 17.3 Å². The van der Waals surface area contributed by atoms with Crippen molar-refractivity contribution in [3.05, 3.63) is 49.0 Å². The van der Waals surface area contributed by atoms with Gasteiger partial charge in [-0.15, -0.1) is 0 Å². The molecule has 0 aliphatic heterocycles. The highest BCUT2D eigenvalue weighted by Crippen LogP contribution is 2.15. The summed E-state index contributed by atoms with van der Waals surface area (Å²) >= 11 is 4.60. The van der Waals surface area contributed by atoms with Gasteiger partial charge in [-0.2, -0.15) is 4.68 Å². The minimum atomic E-state index is -0.680. The molecule has 0 amide bonds. The quantitative estimate of drug-likeness (QED) is 0.414. The highest BCUT2D eigenvalue weighted by atomic mass is 32.1. The number of thiocarbonyl (C=S) groups is 1. The van der Waals surface area contributed by atoms with Crippen LogP contribution in [0.5, 0.6) is 0 Å². The number of non-ortho nitro benzene ring substituents is 1. The molecule has 92 valence electrons. The van der Waals surface area contributed by atoms with Crippen molar-refractivity contribution in [2.45, 2.75) is 0 Å². The van der Waals surface area contributed by atoms with Crippen molar-refractivity contribution in [3.8, 4) is 0 Å². The van der Waals surface area contributed by atoms with Crippen LogP contribution < -0.4 is 16.9 Å². The van der Waals surface area contributed by atoms with E-state index in [0.29, 0.717) is 4.68 Å². The first kappa shape index (κ1) is 11.9. The van der Waals surface area contributed by atoms with E-state index in [4.69, 9.17) is 5.73 Å². The molecule has 0 unspecified atom stereocenters. The van der Waals surface area contributed by atoms with E-state index >= 15 is 0 Å². The van der Waals surface area contributed by atoms with Gasteiger partial charge in [0.05, 0.1) is 15.7 Å². The van der Waals surface area contributed by atoms with Crippen molar-refractivity contribution in [2.75, 3.05) is 0 Å². The molecular formula is C9H6N4O4S. The van der Waals surface area contributed by atoms with Crippen LogP contribution in [0.4, 0.5) is 5.69 Å². The number of aromatic nitrogens is 2. The lowest BCUT2D eigenvalue weighted by Crippen LogP contribution is -2.37. The third kappa shape index (κ3) is 1.76. The monoisotopic (exact) mass is 266 g/mol. The fourth-order valence-electron chi connectivity index (χ4n) is 1.51. The number of rotatable bonds is 1. The predicted octanol–water partition coefficient (Wildman–Crippen LogP) is -0.310. The molecule has 18 heavy (non-hydrogen) atoms. The normalized spacial score (nSPS) is 10.4. The van der Waals surface area contributed by atoms with Gasteiger partial charge in [-0.1, -0.05) is 0 Å². The van der Waals surface area contributed by atoms with Crippen LogP contribution in [0.1, 0.15) is 0 Å². The highest BCUT2D eigenvalue weighted by molar-refractivity contribution is 7.80. The van der Waals surface area contributed by atoms with Gasteiger partial charge in [0.15, 0.2) is 5.11 Å². The Morgan fingerprint density at radius 1 is 1.39 bits per heavy atom. The second kappa shape index (κ2) is 4.04. The SMILES string of the molecule is NC(=S)n1[nH]c(=O)c2cc([N+](=O)[O-])ccc2c1=O. The van der Waals surface area contributed by atoms with E-state index in [1.807, 2.05) is 0 Å². The van der Waals surface area contributed by atoms with Gasteiger partial charge in [0.2, 0.25) is 0 Å². The molecule has 0 bridgehead atoms. The topological polar surface area (TPSA) is 124 Å². The smallest absolute Gasteiger partial charge is 0.279 e. The Kier molecular flexibility index (Phi) is 2.67. The number of aromatic amines is 1. The van der Waals surface area contributed by atoms with Crippen molar-refractivity contribution in [1.82, 2.24) is 9.78 Å². The van der Waals surface area contributed by atoms with Crippen LogP contribution in [0.3, 0.4) is 0 Å². The first-order chi connectivity index (χ1) is 8.41. The number of benzene rings is 1. The standard InChI is InChI=1S/C9H6N4O4S/c10-9(18)12-8(15)5-2-1-4(13(16)17)3-6(5)7(14)11-12/h1-3H,(H2,10,18)(H,11,14). The molecule has 2 rings (SSSR count). The van der Waals surface area contributed by atoms with Crippen LogP contribution in [0.25, 0.3) is 10.8 Å². The Morgan fingerprint density at radius 2 is 2.06 bits per heavy atom. The van der Waals surface area contributed by atoms with Crippen LogP contribution in [-0.4, -0.2) is 19.8 Å². The van der Waals surface area contributed by atoms with Crippen molar-refractivity contribution in [2.24, 2.45) is 5.73 Å². The van der Waals surface area contributed by atoms with Gasteiger partial charge in [0, 0.05) is 12.1 Å². The molecule has 0 saturated heterocycles. The molecule has 1 aromatic carbocycles. The molecule has 3 N–H and O–H groups in total. The number of nitrogens with one attached hydrogen (secondary N) is 1. The number of H-pyrrole nitrogens is 1. The summed E-state index contributed by atoms with van der Waals surface area (Å²) in [5, 5.41) is 12.4. The largest absolute Gasteiger partial charge is 0.374 e. The fraction of sp³-hybridized carbons (Fsp3) is 0. The molecule has 1 aromatic heterocycles. The Labute approximate surface area is 104 Å². The minimum Gasteiger partial charge on any atom is -0.374 e. The molecule has 0 aliphatic carbocycles. The van der Waals surface area contributed by atoms with Gasteiger partial charge < -0.3 is 5.73 Å². The summed E-state index contributed by atoms with van der Waals surface area (Å²) in [6.07, 6.45) is 0. The summed E-state index contributed by atoms with van der Waals surface area (Å²) < 4.78 is 0.714. The van der Waals surface area contributed by atoms with E-state index < -0.39 is 16.0 Å². The van der Waals surface area contributed by atoms with Crippen molar-refractivity contribution >= 4 is 33.8 Å². The molecule has 0 radical (unpaired) electrons. The molecule has 8 nitrogen and oxygen atoms in total. The maximum Gasteiger partial charge on any atom is 0.279 e. The van der Waals surface area contributed by atoms with Crippen LogP contribution in [0.2, 0.25) is 0 Å². The van der Waals surface area contributed by atoms with Crippen molar-refractivity contribution < 1.29 is 4.92 Å². The highest BCUT2D eigenvalue weighted by Gasteiger charge is 2.13. The molecule has 9 heteroatoms. The van der Waals surface area contributed by atoms with Gasteiger partial charge in [-0.05, 0) is 18.3 Å². The van der Waals surface area contributed by atoms with Crippen LogP contribution in [0, 0.1) is 10.1 Å². The summed E-state index contributed by atoms with van der Waals surface area (Å²) in [5.74, 6) is 0. The Balaban J connectivity index is 2.93. The van der Waals surface area contributed by atoms with Gasteiger partial charge in [0.1, 0.15) is 0 Å². The Hall–Kier alpha value is -2.55. The number of nitrogens with zero attached hydrogens (tertiary/aromatic N) is 2. The molecule has 0 spiro atoms. The zero-order chi connectivity index (χ0) is 13.4. The molecular weight excluding hydrogens is 260 g/mol.